The van der Waals surface area contributed by atoms with Crippen LogP contribution >= 0.6 is 0 Å². The van der Waals surface area contributed by atoms with Gasteiger partial charge >= 0.3 is 11.9 Å². The molecule has 0 aromatic carbocycles. The van der Waals surface area contributed by atoms with E-state index >= 15 is 0 Å². The van der Waals surface area contributed by atoms with E-state index in [4.69, 9.17) is 10.5 Å². The lowest BCUT2D eigenvalue weighted by molar-refractivity contribution is -0.163. The Morgan fingerprint density at radius 1 is 1.29 bits per heavy atom. The number of esters is 1. The van der Waals surface area contributed by atoms with Crippen LogP contribution in [-0.4, -0.2) is 82.9 Å². The summed E-state index contributed by atoms with van der Waals surface area (Å²) in [5.74, 6) is -4.75. The van der Waals surface area contributed by atoms with Crippen LogP contribution in [0.25, 0.3) is 0 Å². The molecule has 1 aliphatic carbocycles. The quantitative estimate of drug-likeness (QED) is 0.308. The number of primary amides is 1. The number of ether oxygens (including phenoxy) is 1. The number of carboxylic acids is 1. The maximum atomic E-state index is 13.7. The van der Waals surface area contributed by atoms with E-state index < -0.39 is 61.6 Å². The van der Waals surface area contributed by atoms with Crippen LogP contribution in [0.4, 0.5) is 5.69 Å². The van der Waals surface area contributed by atoms with Crippen molar-refractivity contribution in [2.45, 2.75) is 61.0 Å². The van der Waals surface area contributed by atoms with Crippen molar-refractivity contribution in [3.63, 3.8) is 0 Å². The second-order valence-corrected chi connectivity index (χ2v) is 12.2. The molecule has 2 amide bonds. The van der Waals surface area contributed by atoms with Crippen molar-refractivity contribution in [3.8, 4) is 6.07 Å². The number of aromatic nitrogens is 1. The van der Waals surface area contributed by atoms with Gasteiger partial charge in [0.1, 0.15) is 22.2 Å². The first-order valence-corrected chi connectivity index (χ1v) is 13.8. The number of carboxylic acid groups (broad SMARTS) is 1. The molecule has 1 aromatic heterocycles. The van der Waals surface area contributed by atoms with Gasteiger partial charge in [0.2, 0.25) is 5.91 Å². The molecule has 3 atom stereocenters. The van der Waals surface area contributed by atoms with Gasteiger partial charge in [-0.2, -0.15) is 5.26 Å². The number of amides is 2. The average molecular weight is 548 g/mol. The number of nitriles is 1. The Labute approximate surface area is 219 Å². The van der Waals surface area contributed by atoms with E-state index in [1.54, 1.807) is 0 Å². The molecule has 3 heterocycles. The predicted octanol–water partition coefficient (Wildman–Crippen LogP) is 0.117. The Balaban J connectivity index is 1.74. The number of hydrogen-bond donors (Lipinski definition) is 3. The second kappa shape index (κ2) is 9.54. The number of carbonyl (C=O) groups is 4. The van der Waals surface area contributed by atoms with Crippen molar-refractivity contribution in [1.29, 1.82) is 5.26 Å². The van der Waals surface area contributed by atoms with E-state index in [2.05, 4.69) is 10.3 Å². The molecule has 1 saturated carbocycles. The smallest absolute Gasteiger partial charge is 0.331 e. The van der Waals surface area contributed by atoms with Gasteiger partial charge in [-0.1, -0.05) is 19.3 Å². The number of nitrogens with two attached hydrogens (primary N) is 1. The number of anilines is 1. The normalized spacial score (nSPS) is 27.9. The van der Waals surface area contributed by atoms with Crippen LogP contribution in [-0.2, 0) is 29.0 Å². The zero-order valence-corrected chi connectivity index (χ0v) is 21.8. The average Bonchev–Trinajstić information content (AvgIpc) is 3.18. The van der Waals surface area contributed by atoms with Gasteiger partial charge in [-0.25, -0.2) is 18.2 Å². The number of carbonyl (C=O) groups excluding carboxylic acids is 3. The molecule has 0 bridgehead atoms. The summed E-state index contributed by atoms with van der Waals surface area (Å²) < 4.78 is 29.5. The number of sulfone groups is 1. The first-order chi connectivity index (χ1) is 17.9. The monoisotopic (exact) mass is 547 g/mol. The number of rotatable bonds is 7. The molecule has 2 saturated heterocycles. The molecule has 1 spiro atoms. The van der Waals surface area contributed by atoms with Crippen molar-refractivity contribution < 1.29 is 37.4 Å². The maximum Gasteiger partial charge on any atom is 0.331 e. The zero-order valence-electron chi connectivity index (χ0n) is 21.0. The lowest BCUT2D eigenvalue weighted by Gasteiger charge is -2.45. The molecular formula is C24H29N5O8S. The molecule has 13 nitrogen and oxygen atoms in total. The van der Waals surface area contributed by atoms with Crippen LogP contribution in [0.5, 0.6) is 0 Å². The summed E-state index contributed by atoms with van der Waals surface area (Å²) >= 11 is 0. The third-order valence-electron chi connectivity index (χ3n) is 8.25. The third-order valence-corrected chi connectivity index (χ3v) is 11.0. The molecule has 4 rings (SSSR count). The van der Waals surface area contributed by atoms with Crippen molar-refractivity contribution in [2.75, 3.05) is 25.5 Å². The Hall–Kier alpha value is -3.73. The molecule has 38 heavy (non-hydrogen) atoms. The summed E-state index contributed by atoms with van der Waals surface area (Å²) in [5.41, 5.74) is 3.43. The summed E-state index contributed by atoms with van der Waals surface area (Å²) in [4.78, 5) is 56.1. The number of nitrogens with zero attached hydrogens (tertiary/aromatic N) is 3. The van der Waals surface area contributed by atoms with Crippen LogP contribution in [0, 0.1) is 24.2 Å². The molecule has 1 aromatic rings. The molecule has 0 radical (unpaired) electrons. The van der Waals surface area contributed by atoms with Gasteiger partial charge < -0.3 is 25.8 Å². The lowest BCUT2D eigenvalue weighted by atomic mass is 9.67. The summed E-state index contributed by atoms with van der Waals surface area (Å²) in [5, 5.41) is 21.1. The van der Waals surface area contributed by atoms with E-state index in [0.29, 0.717) is 25.7 Å². The van der Waals surface area contributed by atoms with Crippen molar-refractivity contribution in [2.24, 2.45) is 11.7 Å². The van der Waals surface area contributed by atoms with E-state index in [1.807, 2.05) is 6.07 Å². The van der Waals surface area contributed by atoms with Gasteiger partial charge in [0.25, 0.3) is 5.91 Å². The SMILES string of the molecule is COC(=O)C1C2(CCN(C(=O)CNc3cc(C#N)nc(C(N)=O)c3C)[C@@]2(C(=O)O)C2CCCCC2)S1(=O)=O. The van der Waals surface area contributed by atoms with Gasteiger partial charge in [-0.15, -0.1) is 0 Å². The Morgan fingerprint density at radius 2 is 1.95 bits per heavy atom. The largest absolute Gasteiger partial charge is 0.479 e. The number of aliphatic carboxylic acids is 1. The van der Waals surface area contributed by atoms with E-state index in [0.717, 1.165) is 18.4 Å². The molecule has 14 heteroatoms. The maximum absolute atomic E-state index is 13.7. The highest BCUT2D eigenvalue weighted by Gasteiger charge is 2.90. The highest BCUT2D eigenvalue weighted by Crippen LogP contribution is 2.65. The molecule has 4 N–H and O–H groups in total. The van der Waals surface area contributed by atoms with Gasteiger partial charge in [0, 0.05) is 17.8 Å². The number of pyridine rings is 1. The Bertz CT molecular complexity index is 1370. The standard InChI is InChI=1S/C24H29N5O8S/c1-13-16(10-15(11-25)28-18(13)20(26)31)27-12-17(30)29-9-8-23(19(21(32)37-2)38(23,35)36)24(29,22(33)34)14-6-4-3-5-7-14/h10,14,19H,3-9,12H2,1-2H3,(H2,26,31)(H,27,28)(H,33,34)/t19?,23?,24-/m1/s1. The van der Waals surface area contributed by atoms with E-state index in [1.165, 1.54) is 13.0 Å². The van der Waals surface area contributed by atoms with E-state index in [9.17, 15) is 38.0 Å². The summed E-state index contributed by atoms with van der Waals surface area (Å²) in [7, 11) is -3.20. The highest BCUT2D eigenvalue weighted by molar-refractivity contribution is 8.02. The number of hydrogen-bond acceptors (Lipinski definition) is 10. The number of likely N-dealkylation sites (tertiary alicyclic amines) is 1. The zero-order chi connectivity index (χ0) is 28.0. The highest BCUT2D eigenvalue weighted by atomic mass is 32.2. The van der Waals surface area contributed by atoms with Crippen LogP contribution < -0.4 is 11.1 Å². The molecule has 204 valence electrons. The molecule has 3 fully saturated rings. The van der Waals surface area contributed by atoms with Crippen LogP contribution in [0.15, 0.2) is 6.07 Å². The van der Waals surface area contributed by atoms with Crippen LogP contribution in [0.2, 0.25) is 0 Å². The topological polar surface area (TPSA) is 210 Å². The second-order valence-electron chi connectivity index (χ2n) is 9.90. The van der Waals surface area contributed by atoms with Crippen LogP contribution in [0.1, 0.15) is 60.3 Å². The number of nitrogens with one attached hydrogen (secondary N) is 1. The van der Waals surface area contributed by atoms with Crippen molar-refractivity contribution in [3.05, 3.63) is 23.0 Å². The van der Waals surface area contributed by atoms with Gasteiger partial charge in [-0.3, -0.25) is 14.4 Å². The lowest BCUT2D eigenvalue weighted by Crippen LogP contribution is -2.66. The minimum Gasteiger partial charge on any atom is -0.479 e. The molecule has 2 unspecified atom stereocenters. The van der Waals surface area contributed by atoms with E-state index in [-0.39, 0.29) is 35.6 Å². The fourth-order valence-corrected chi connectivity index (χ4v) is 9.51. The van der Waals surface area contributed by atoms with Crippen LogP contribution in [0.3, 0.4) is 0 Å². The fraction of sp³-hybridized carbons (Fsp3) is 0.583. The van der Waals surface area contributed by atoms with Gasteiger partial charge in [0.15, 0.2) is 20.6 Å². The molecule has 3 aliphatic rings. The predicted molar refractivity (Wildman–Crippen MR) is 131 cm³/mol. The third kappa shape index (κ3) is 3.63. The summed E-state index contributed by atoms with van der Waals surface area (Å²) in [6, 6.07) is 3.13. The van der Waals surface area contributed by atoms with Gasteiger partial charge in [-0.05, 0) is 38.2 Å². The van der Waals surface area contributed by atoms with Gasteiger partial charge in [0.05, 0.1) is 13.7 Å². The summed E-state index contributed by atoms with van der Waals surface area (Å²) in [6.45, 7) is 0.878. The first kappa shape index (κ1) is 27.3. The Morgan fingerprint density at radius 3 is 2.50 bits per heavy atom. The fourth-order valence-electron chi connectivity index (χ4n) is 6.60. The summed E-state index contributed by atoms with van der Waals surface area (Å²) in [6.07, 6.45) is 2.77. The number of methoxy groups -OCH3 is 1. The van der Waals surface area contributed by atoms with Crippen molar-refractivity contribution >= 4 is 39.3 Å². The molecule has 2 aliphatic heterocycles. The minimum atomic E-state index is -4.24. The van der Waals surface area contributed by atoms with Crippen molar-refractivity contribution in [1.82, 2.24) is 9.88 Å². The minimum absolute atomic E-state index is 0.119. The molecular weight excluding hydrogens is 518 g/mol. The Kier molecular flexibility index (Phi) is 6.85. The first-order valence-electron chi connectivity index (χ1n) is 12.2.